The lowest BCUT2D eigenvalue weighted by Gasteiger charge is -2.30. The van der Waals surface area contributed by atoms with Gasteiger partial charge in [0.25, 0.3) is 0 Å². The van der Waals surface area contributed by atoms with Gasteiger partial charge in [-0.05, 0) is 64.5 Å². The quantitative estimate of drug-likeness (QED) is 0.304. The monoisotopic (exact) mass is 548 g/mol. The van der Waals surface area contributed by atoms with E-state index in [1.807, 2.05) is 38.3 Å². The molecule has 0 saturated heterocycles. The highest BCUT2D eigenvalue weighted by molar-refractivity contribution is 5.83. The van der Waals surface area contributed by atoms with E-state index in [9.17, 15) is 4.39 Å². The zero-order chi connectivity index (χ0) is 28.6. The molecule has 10 heteroatoms. The lowest BCUT2D eigenvalue weighted by atomic mass is 10.1. The molecule has 0 atom stereocenters. The van der Waals surface area contributed by atoms with Crippen LogP contribution in [0.15, 0.2) is 30.5 Å². The third-order valence-electron chi connectivity index (χ3n) is 7.56. The van der Waals surface area contributed by atoms with E-state index in [1.165, 1.54) is 11.6 Å². The van der Waals surface area contributed by atoms with Gasteiger partial charge >= 0.3 is 0 Å². The van der Waals surface area contributed by atoms with Gasteiger partial charge in [-0.2, -0.15) is 0 Å². The van der Waals surface area contributed by atoms with Crippen LogP contribution in [0.25, 0.3) is 22.3 Å². The van der Waals surface area contributed by atoms with Gasteiger partial charge in [-0.15, -0.1) is 0 Å². The molecule has 1 aromatic carbocycles. The molecule has 0 aliphatic carbocycles. The van der Waals surface area contributed by atoms with E-state index in [-0.39, 0.29) is 22.7 Å². The van der Waals surface area contributed by atoms with Crippen molar-refractivity contribution in [3.63, 3.8) is 0 Å². The maximum Gasteiger partial charge on any atom is 0.229 e. The molecule has 0 bridgehead atoms. The molecule has 1 N–H and O–H groups in total. The minimum absolute atomic E-state index is 0.0133. The lowest BCUT2D eigenvalue weighted by Crippen LogP contribution is -2.38. The van der Waals surface area contributed by atoms with Crippen LogP contribution >= 0.6 is 0 Å². The van der Waals surface area contributed by atoms with E-state index < -0.39 is 11.6 Å². The van der Waals surface area contributed by atoms with Crippen molar-refractivity contribution in [1.82, 2.24) is 34.3 Å². The van der Waals surface area contributed by atoms with Crippen molar-refractivity contribution in [2.24, 2.45) is 0 Å². The molecule has 0 unspecified atom stereocenters. The van der Waals surface area contributed by atoms with Crippen LogP contribution in [-0.4, -0.2) is 67.0 Å². The first kappa shape index (κ1) is 28.0. The highest BCUT2D eigenvalue weighted by Gasteiger charge is 2.23. The number of likely N-dealkylation sites (N-methyl/N-ethyl adjacent to an activating group) is 1. The van der Waals surface area contributed by atoms with Gasteiger partial charge in [-0.3, -0.25) is 4.90 Å². The number of nitrogens with one attached hydrogen (secondary N) is 1. The molecule has 40 heavy (non-hydrogen) atoms. The number of nitrogens with zero attached hydrogens (tertiary/aromatic N) is 7. The number of fused-ring (bicyclic) bond motifs is 2. The SMILES string of the molecule is CCN(CC)CCN1CCc2nc(Nc3ncc(F)c(-c4cc(F)c5nc(C)n(C(C)(C)C)c5c4)n3)ccc2C1. The number of anilines is 2. The highest BCUT2D eigenvalue weighted by atomic mass is 19.1. The number of rotatable bonds is 8. The predicted molar refractivity (Wildman–Crippen MR) is 155 cm³/mol. The molecule has 5 rings (SSSR count). The summed E-state index contributed by atoms with van der Waals surface area (Å²) in [6, 6.07) is 7.00. The van der Waals surface area contributed by atoms with E-state index in [4.69, 9.17) is 4.98 Å². The van der Waals surface area contributed by atoms with Gasteiger partial charge in [-0.1, -0.05) is 19.9 Å². The molecule has 8 nitrogen and oxygen atoms in total. The third-order valence-corrected chi connectivity index (χ3v) is 7.56. The summed E-state index contributed by atoms with van der Waals surface area (Å²) >= 11 is 0. The molecule has 0 fully saturated rings. The fourth-order valence-electron chi connectivity index (χ4n) is 5.54. The molecule has 0 radical (unpaired) electrons. The van der Waals surface area contributed by atoms with Crippen molar-refractivity contribution in [2.45, 2.75) is 60.0 Å². The molecule has 4 heterocycles. The first-order chi connectivity index (χ1) is 19.1. The van der Waals surface area contributed by atoms with Crippen LogP contribution in [0.4, 0.5) is 20.5 Å². The standard InChI is InChI=1S/C30H38F2N8/c1-7-38(8-2)13-14-39-12-11-24-20(18-39)9-10-26(35-24)36-29-33-17-23(32)27(37-29)21-15-22(31)28-25(16-21)40(19(3)34-28)30(4,5)6/h9-10,15-17H,7-8,11-14,18H2,1-6H3,(H,33,35,36,37). The van der Waals surface area contributed by atoms with Crippen LogP contribution in [-0.2, 0) is 18.5 Å². The van der Waals surface area contributed by atoms with Gasteiger partial charge in [0.2, 0.25) is 5.95 Å². The smallest absolute Gasteiger partial charge is 0.229 e. The van der Waals surface area contributed by atoms with E-state index in [2.05, 4.69) is 50.0 Å². The normalized spacial score (nSPS) is 14.2. The summed E-state index contributed by atoms with van der Waals surface area (Å²) in [6.07, 6.45) is 1.96. The Morgan fingerprint density at radius 1 is 1.02 bits per heavy atom. The summed E-state index contributed by atoms with van der Waals surface area (Å²) < 4.78 is 32.0. The number of imidazole rings is 1. The minimum atomic E-state index is -0.633. The Hall–Kier alpha value is -3.50. The predicted octanol–water partition coefficient (Wildman–Crippen LogP) is 5.67. The molecule has 3 aromatic heterocycles. The topological polar surface area (TPSA) is 75.0 Å². The summed E-state index contributed by atoms with van der Waals surface area (Å²) in [4.78, 5) is 22.7. The highest BCUT2D eigenvalue weighted by Crippen LogP contribution is 2.32. The Morgan fingerprint density at radius 3 is 2.52 bits per heavy atom. The first-order valence-electron chi connectivity index (χ1n) is 14.0. The van der Waals surface area contributed by atoms with E-state index in [0.717, 1.165) is 57.6 Å². The summed E-state index contributed by atoms with van der Waals surface area (Å²) in [7, 11) is 0. The van der Waals surface area contributed by atoms with E-state index in [1.54, 1.807) is 6.07 Å². The van der Waals surface area contributed by atoms with Crippen LogP contribution in [0, 0.1) is 18.6 Å². The Labute approximate surface area is 234 Å². The number of aromatic nitrogens is 5. The number of hydrogen-bond donors (Lipinski definition) is 1. The third kappa shape index (κ3) is 5.69. The Balaban J connectivity index is 1.38. The largest absolute Gasteiger partial charge is 0.323 e. The zero-order valence-electron chi connectivity index (χ0n) is 24.2. The van der Waals surface area contributed by atoms with Crippen molar-refractivity contribution in [3.8, 4) is 11.3 Å². The second-order valence-electron chi connectivity index (χ2n) is 11.4. The van der Waals surface area contributed by atoms with Gasteiger partial charge in [0.05, 0.1) is 11.7 Å². The average molecular weight is 549 g/mol. The summed E-state index contributed by atoms with van der Waals surface area (Å²) in [6.45, 7) is 18.4. The fourth-order valence-corrected chi connectivity index (χ4v) is 5.54. The fraction of sp³-hybridized carbons (Fsp3) is 0.467. The molecular formula is C30H38F2N8. The van der Waals surface area contributed by atoms with Crippen molar-refractivity contribution in [2.75, 3.05) is 38.0 Å². The van der Waals surface area contributed by atoms with Crippen molar-refractivity contribution in [1.29, 1.82) is 0 Å². The van der Waals surface area contributed by atoms with Gasteiger partial charge in [0.1, 0.15) is 22.9 Å². The van der Waals surface area contributed by atoms with Crippen LogP contribution in [0.1, 0.15) is 51.7 Å². The number of aryl methyl sites for hydroxylation is 1. The van der Waals surface area contributed by atoms with Crippen LogP contribution in [0.2, 0.25) is 0 Å². The van der Waals surface area contributed by atoms with E-state index in [0.29, 0.717) is 22.7 Å². The Kier molecular flexibility index (Phi) is 7.83. The van der Waals surface area contributed by atoms with Crippen LogP contribution < -0.4 is 5.32 Å². The second-order valence-corrected chi connectivity index (χ2v) is 11.4. The molecule has 212 valence electrons. The minimum Gasteiger partial charge on any atom is -0.323 e. The lowest BCUT2D eigenvalue weighted by molar-refractivity contribution is 0.201. The van der Waals surface area contributed by atoms with Gasteiger partial charge in [0, 0.05) is 49.4 Å². The van der Waals surface area contributed by atoms with E-state index >= 15 is 4.39 Å². The van der Waals surface area contributed by atoms with Crippen LogP contribution in [0.5, 0.6) is 0 Å². The zero-order valence-corrected chi connectivity index (χ0v) is 24.2. The molecule has 1 aliphatic heterocycles. The number of hydrogen-bond acceptors (Lipinski definition) is 7. The van der Waals surface area contributed by atoms with Crippen molar-refractivity contribution >= 4 is 22.8 Å². The molecule has 1 aliphatic rings. The number of benzene rings is 1. The number of halogens is 2. The van der Waals surface area contributed by atoms with Gasteiger partial charge in [-0.25, -0.2) is 28.7 Å². The summed E-state index contributed by atoms with van der Waals surface area (Å²) in [5.41, 5.74) is 3.11. The average Bonchev–Trinajstić information content (AvgIpc) is 3.27. The Bertz CT molecular complexity index is 1520. The Morgan fingerprint density at radius 2 is 1.80 bits per heavy atom. The summed E-state index contributed by atoms with van der Waals surface area (Å²) in [5, 5.41) is 3.12. The first-order valence-corrected chi connectivity index (χ1v) is 14.0. The van der Waals surface area contributed by atoms with Gasteiger partial charge in [0.15, 0.2) is 11.6 Å². The molecule has 0 saturated carbocycles. The summed E-state index contributed by atoms with van der Waals surface area (Å²) in [5.74, 6) is 0.326. The van der Waals surface area contributed by atoms with Crippen molar-refractivity contribution in [3.05, 3.63) is 59.2 Å². The molecular weight excluding hydrogens is 510 g/mol. The maximum absolute atomic E-state index is 15.1. The molecule has 4 aromatic rings. The maximum atomic E-state index is 15.1. The second kappa shape index (κ2) is 11.2. The number of pyridine rings is 1. The molecule has 0 spiro atoms. The van der Waals surface area contributed by atoms with Crippen LogP contribution in [0.3, 0.4) is 0 Å². The molecule has 0 amide bonds. The van der Waals surface area contributed by atoms with Gasteiger partial charge < -0.3 is 14.8 Å². The van der Waals surface area contributed by atoms with Crippen molar-refractivity contribution < 1.29 is 8.78 Å².